The van der Waals surface area contributed by atoms with E-state index in [1.54, 1.807) is 0 Å². The van der Waals surface area contributed by atoms with Crippen LogP contribution in [-0.2, 0) is 0 Å². The van der Waals surface area contributed by atoms with Gasteiger partial charge in [-0.25, -0.2) is 4.99 Å². The van der Waals surface area contributed by atoms with E-state index in [0.29, 0.717) is 11.5 Å². The predicted octanol–water partition coefficient (Wildman–Crippen LogP) is 5.41. The van der Waals surface area contributed by atoms with Crippen molar-refractivity contribution < 1.29 is 4.42 Å². The number of aryl methyl sites for hydroxylation is 2. The van der Waals surface area contributed by atoms with E-state index < -0.39 is 0 Å². The molecule has 1 heterocycles. The zero-order chi connectivity index (χ0) is 15.7. The molecule has 3 rings (SSSR count). The Kier molecular flexibility index (Phi) is 3.84. The summed E-state index contributed by atoms with van der Waals surface area (Å²) in [5.74, 6) is 1.33. The lowest BCUT2D eigenvalue weighted by atomic mass is 10.0. The molecule has 112 valence electrons. The third-order valence-electron chi connectivity index (χ3n) is 3.93. The third-order valence-corrected chi connectivity index (χ3v) is 3.93. The number of fused-ring (bicyclic) bond motifs is 1. The van der Waals surface area contributed by atoms with E-state index in [2.05, 4.69) is 58.0 Å². The van der Waals surface area contributed by atoms with Gasteiger partial charge in [0.05, 0.1) is 5.69 Å². The van der Waals surface area contributed by atoms with Crippen LogP contribution in [0.1, 0.15) is 36.7 Å². The van der Waals surface area contributed by atoms with Crippen LogP contribution in [0.3, 0.4) is 0 Å². The van der Waals surface area contributed by atoms with Crippen LogP contribution in [0.5, 0.6) is 0 Å². The molecular weight excluding hydrogens is 270 g/mol. The minimum atomic E-state index is 0.330. The van der Waals surface area contributed by atoms with Crippen molar-refractivity contribution in [2.24, 2.45) is 4.99 Å². The molecule has 2 heteroatoms. The number of hydrogen-bond donors (Lipinski definition) is 0. The van der Waals surface area contributed by atoms with Gasteiger partial charge in [0.1, 0.15) is 5.76 Å². The average Bonchev–Trinajstić information content (AvgIpc) is 2.52. The van der Waals surface area contributed by atoms with Gasteiger partial charge in [0, 0.05) is 11.3 Å². The average molecular weight is 291 g/mol. The second-order valence-electron chi connectivity index (χ2n) is 6.04. The quantitative estimate of drug-likeness (QED) is 0.620. The van der Waals surface area contributed by atoms with Crippen molar-refractivity contribution in [1.82, 2.24) is 0 Å². The molecule has 2 aromatic carbocycles. The summed E-state index contributed by atoms with van der Waals surface area (Å²) in [5, 5.41) is 2.27. The minimum Gasteiger partial charge on any atom is -0.442 e. The Morgan fingerprint density at radius 1 is 0.864 bits per heavy atom. The van der Waals surface area contributed by atoms with Crippen LogP contribution in [0.4, 0.5) is 5.69 Å². The van der Waals surface area contributed by atoms with Crippen molar-refractivity contribution in [2.45, 2.75) is 33.6 Å². The lowest BCUT2D eigenvalue weighted by Gasteiger charge is -2.11. The summed E-state index contributed by atoms with van der Waals surface area (Å²) in [7, 11) is 0. The van der Waals surface area contributed by atoms with E-state index in [4.69, 9.17) is 9.41 Å². The van der Waals surface area contributed by atoms with Crippen molar-refractivity contribution >= 4 is 16.5 Å². The Labute approximate surface area is 131 Å². The van der Waals surface area contributed by atoms with Gasteiger partial charge < -0.3 is 4.42 Å². The van der Waals surface area contributed by atoms with Crippen molar-refractivity contribution in [3.63, 3.8) is 0 Å². The molecular formula is C20H21NO. The minimum absolute atomic E-state index is 0.330. The van der Waals surface area contributed by atoms with Gasteiger partial charge in [-0.3, -0.25) is 0 Å². The maximum Gasteiger partial charge on any atom is 0.227 e. The predicted molar refractivity (Wildman–Crippen MR) is 91.4 cm³/mol. The first-order chi connectivity index (χ1) is 10.6. The molecule has 0 unspecified atom stereocenters. The van der Waals surface area contributed by atoms with Gasteiger partial charge >= 0.3 is 0 Å². The molecule has 0 aliphatic heterocycles. The van der Waals surface area contributed by atoms with Crippen LogP contribution < -0.4 is 5.55 Å². The van der Waals surface area contributed by atoms with Crippen LogP contribution in [0.25, 0.3) is 10.8 Å². The zero-order valence-corrected chi connectivity index (χ0v) is 13.6. The molecule has 0 saturated heterocycles. The molecule has 0 atom stereocenters. The second-order valence-corrected chi connectivity index (χ2v) is 6.04. The standard InChI is InChI=1S/C20H21NO/c1-13(2)19-15(4)17-7-5-6-8-18(17)20(22-19)21-16-11-9-14(3)10-12-16/h5-13H,1-4H3. The highest BCUT2D eigenvalue weighted by Crippen LogP contribution is 2.24. The molecule has 0 spiro atoms. The summed E-state index contributed by atoms with van der Waals surface area (Å²) < 4.78 is 6.15. The molecule has 0 aliphatic carbocycles. The first-order valence-corrected chi connectivity index (χ1v) is 7.70. The molecule has 1 aromatic heterocycles. The fraction of sp³-hybridized carbons (Fsp3) is 0.250. The molecule has 3 aromatic rings. The molecule has 0 radical (unpaired) electrons. The Balaban J connectivity index is 2.33. The Morgan fingerprint density at radius 3 is 2.14 bits per heavy atom. The second kappa shape index (κ2) is 5.80. The molecule has 2 nitrogen and oxygen atoms in total. The number of hydrogen-bond acceptors (Lipinski definition) is 2. The van der Waals surface area contributed by atoms with Crippen molar-refractivity contribution in [1.29, 1.82) is 0 Å². The Bertz CT molecular complexity index is 870. The summed E-state index contributed by atoms with van der Waals surface area (Å²) >= 11 is 0. The van der Waals surface area contributed by atoms with Crippen LogP contribution in [0.15, 0.2) is 57.9 Å². The fourth-order valence-electron chi connectivity index (χ4n) is 2.74. The summed E-state index contributed by atoms with van der Waals surface area (Å²) in [6, 6.07) is 16.5. The Morgan fingerprint density at radius 2 is 1.50 bits per heavy atom. The van der Waals surface area contributed by atoms with Crippen LogP contribution in [0.2, 0.25) is 0 Å². The molecule has 0 fully saturated rings. The number of rotatable bonds is 2. The van der Waals surface area contributed by atoms with E-state index >= 15 is 0 Å². The van der Waals surface area contributed by atoms with E-state index in [-0.39, 0.29) is 0 Å². The van der Waals surface area contributed by atoms with E-state index in [0.717, 1.165) is 16.8 Å². The topological polar surface area (TPSA) is 25.5 Å². The van der Waals surface area contributed by atoms with Gasteiger partial charge in [-0.2, -0.15) is 0 Å². The van der Waals surface area contributed by atoms with Crippen LogP contribution in [-0.4, -0.2) is 0 Å². The van der Waals surface area contributed by atoms with Crippen molar-refractivity contribution in [2.75, 3.05) is 0 Å². The van der Waals surface area contributed by atoms with Crippen LogP contribution >= 0.6 is 0 Å². The summed E-state index contributed by atoms with van der Waals surface area (Å²) in [5.41, 5.74) is 4.03. The molecule has 0 aliphatic rings. The van der Waals surface area contributed by atoms with Gasteiger partial charge in [0.25, 0.3) is 0 Å². The molecule has 0 amide bonds. The smallest absolute Gasteiger partial charge is 0.227 e. The van der Waals surface area contributed by atoms with Gasteiger partial charge in [0.2, 0.25) is 5.55 Å². The van der Waals surface area contributed by atoms with Crippen molar-refractivity contribution in [3.05, 3.63) is 71.0 Å². The highest BCUT2D eigenvalue weighted by molar-refractivity contribution is 5.84. The monoisotopic (exact) mass is 291 g/mol. The summed E-state index contributed by atoms with van der Waals surface area (Å²) in [6.07, 6.45) is 0. The van der Waals surface area contributed by atoms with Gasteiger partial charge in [-0.05, 0) is 43.0 Å². The fourth-order valence-corrected chi connectivity index (χ4v) is 2.74. The van der Waals surface area contributed by atoms with Gasteiger partial charge in [0.15, 0.2) is 0 Å². The summed E-state index contributed by atoms with van der Waals surface area (Å²) in [6.45, 7) is 8.50. The Hall–Kier alpha value is -2.35. The molecule has 0 saturated carbocycles. The largest absolute Gasteiger partial charge is 0.442 e. The maximum absolute atomic E-state index is 6.15. The first kappa shape index (κ1) is 14.6. The summed E-state index contributed by atoms with van der Waals surface area (Å²) in [4.78, 5) is 4.73. The van der Waals surface area contributed by atoms with Crippen molar-refractivity contribution in [3.8, 4) is 0 Å². The van der Waals surface area contributed by atoms with E-state index in [9.17, 15) is 0 Å². The number of nitrogens with zero attached hydrogens (tertiary/aromatic N) is 1. The molecule has 0 bridgehead atoms. The highest BCUT2D eigenvalue weighted by atomic mass is 16.3. The normalized spacial score (nSPS) is 12.3. The zero-order valence-electron chi connectivity index (χ0n) is 13.6. The number of benzene rings is 2. The van der Waals surface area contributed by atoms with Crippen LogP contribution in [0, 0.1) is 13.8 Å². The highest BCUT2D eigenvalue weighted by Gasteiger charge is 2.11. The van der Waals surface area contributed by atoms with E-state index in [1.165, 1.54) is 16.5 Å². The lowest BCUT2D eigenvalue weighted by Crippen LogP contribution is -2.08. The van der Waals surface area contributed by atoms with E-state index in [1.807, 2.05) is 18.2 Å². The molecule has 0 N–H and O–H groups in total. The van der Waals surface area contributed by atoms with Gasteiger partial charge in [-0.15, -0.1) is 0 Å². The third kappa shape index (κ3) is 2.69. The first-order valence-electron chi connectivity index (χ1n) is 7.70. The SMILES string of the molecule is Cc1ccc(N=c2oc(C(C)C)c(C)c3ccccc23)cc1. The lowest BCUT2D eigenvalue weighted by molar-refractivity contribution is 0.433. The molecule has 22 heavy (non-hydrogen) atoms. The van der Waals surface area contributed by atoms with Gasteiger partial charge in [-0.1, -0.05) is 49.7 Å². The maximum atomic E-state index is 6.15.